The molecule has 0 bridgehead atoms. The van der Waals surface area contributed by atoms with E-state index in [0.29, 0.717) is 0 Å². The highest BCUT2D eigenvalue weighted by Gasteiger charge is 2.05. The highest BCUT2D eigenvalue weighted by atomic mass is 32.1. The molecular formula is C6H7N3OS. The maximum absolute atomic E-state index is 11.0. The van der Waals surface area contributed by atoms with Crippen LogP contribution in [-0.2, 0) is 7.05 Å². The van der Waals surface area contributed by atoms with Crippen molar-refractivity contribution < 1.29 is 0 Å². The molecular weight excluding hydrogens is 162 g/mol. The molecule has 0 unspecified atom stereocenters. The summed E-state index contributed by atoms with van der Waals surface area (Å²) >= 11 is 1.39. The number of hydrogen-bond donors (Lipinski definition) is 2. The number of rotatable bonds is 0. The van der Waals surface area contributed by atoms with Crippen molar-refractivity contribution >= 4 is 26.7 Å². The van der Waals surface area contributed by atoms with Gasteiger partial charge in [-0.1, -0.05) is 11.3 Å². The molecule has 0 aliphatic carbocycles. The zero-order valence-electron chi connectivity index (χ0n) is 5.92. The maximum Gasteiger partial charge on any atom is 0.326 e. The van der Waals surface area contributed by atoms with Gasteiger partial charge in [0.25, 0.3) is 0 Å². The van der Waals surface area contributed by atoms with Gasteiger partial charge in [0.2, 0.25) is 0 Å². The third-order valence-electron chi connectivity index (χ3n) is 1.62. The second-order valence-corrected chi connectivity index (χ2v) is 3.44. The van der Waals surface area contributed by atoms with Crippen molar-refractivity contribution in [1.82, 2.24) is 9.55 Å². The van der Waals surface area contributed by atoms with Gasteiger partial charge in [0.1, 0.15) is 4.83 Å². The van der Waals surface area contributed by atoms with Crippen LogP contribution in [0.15, 0.2) is 10.9 Å². The quantitative estimate of drug-likeness (QED) is 0.603. The number of thiophene rings is 1. The molecule has 4 nitrogen and oxygen atoms in total. The molecule has 0 aliphatic rings. The van der Waals surface area contributed by atoms with Crippen molar-refractivity contribution in [3.63, 3.8) is 0 Å². The lowest BCUT2D eigenvalue weighted by Crippen LogP contribution is -2.11. The smallest absolute Gasteiger partial charge is 0.326 e. The van der Waals surface area contributed by atoms with E-state index in [1.54, 1.807) is 17.7 Å². The van der Waals surface area contributed by atoms with Crippen molar-refractivity contribution in [2.75, 3.05) is 5.73 Å². The fourth-order valence-electron chi connectivity index (χ4n) is 1.03. The number of H-pyrrole nitrogens is 1. The van der Waals surface area contributed by atoms with Crippen LogP contribution in [0.2, 0.25) is 0 Å². The monoisotopic (exact) mass is 169 g/mol. The molecule has 0 saturated carbocycles. The number of nitrogens with zero attached hydrogens (tertiary/aromatic N) is 1. The Kier molecular flexibility index (Phi) is 1.11. The summed E-state index contributed by atoms with van der Waals surface area (Å²) in [5, 5.41) is 0.724. The maximum atomic E-state index is 11.0. The van der Waals surface area contributed by atoms with Gasteiger partial charge in [-0.2, -0.15) is 0 Å². The molecule has 2 heterocycles. The van der Waals surface area contributed by atoms with E-state index in [2.05, 4.69) is 4.98 Å². The van der Waals surface area contributed by atoms with Gasteiger partial charge in [-0.15, -0.1) is 0 Å². The molecule has 0 saturated heterocycles. The van der Waals surface area contributed by atoms with Crippen molar-refractivity contribution in [2.45, 2.75) is 0 Å². The van der Waals surface area contributed by atoms with Gasteiger partial charge >= 0.3 is 5.69 Å². The van der Waals surface area contributed by atoms with Crippen LogP contribution >= 0.6 is 11.3 Å². The largest absolute Gasteiger partial charge is 0.390 e. The summed E-state index contributed by atoms with van der Waals surface area (Å²) in [6, 6.07) is 1.79. The van der Waals surface area contributed by atoms with Crippen LogP contribution in [0.3, 0.4) is 0 Å². The van der Waals surface area contributed by atoms with Gasteiger partial charge in [-0.3, -0.25) is 9.55 Å². The van der Waals surface area contributed by atoms with Crippen molar-refractivity contribution in [3.05, 3.63) is 16.6 Å². The Bertz CT molecular complexity index is 450. The van der Waals surface area contributed by atoms with E-state index in [1.807, 2.05) is 0 Å². The first-order valence-corrected chi connectivity index (χ1v) is 3.94. The van der Waals surface area contributed by atoms with Gasteiger partial charge in [-0.05, 0) is 6.07 Å². The molecule has 0 amide bonds. The van der Waals surface area contributed by atoms with Crippen LogP contribution in [-0.4, -0.2) is 9.55 Å². The molecule has 2 rings (SSSR count). The van der Waals surface area contributed by atoms with Crippen LogP contribution in [0.5, 0.6) is 0 Å². The first-order chi connectivity index (χ1) is 5.18. The normalized spacial score (nSPS) is 11.0. The first-order valence-electron chi connectivity index (χ1n) is 3.12. The minimum Gasteiger partial charge on any atom is -0.390 e. The standard InChI is InChI=1S/C6H7N3OS/c1-9-3-2-4(7)11-5(3)8-6(9)10/h2H,7H2,1H3,(H,8,10). The van der Waals surface area contributed by atoms with Crippen LogP contribution in [0.4, 0.5) is 5.00 Å². The minimum absolute atomic E-state index is 0.0914. The van der Waals surface area contributed by atoms with E-state index in [1.165, 1.54) is 11.3 Å². The number of aromatic nitrogens is 2. The summed E-state index contributed by atoms with van der Waals surface area (Å²) in [7, 11) is 1.72. The molecule has 58 valence electrons. The molecule has 0 aromatic carbocycles. The average Bonchev–Trinajstić information content (AvgIpc) is 2.37. The Morgan fingerprint density at radius 1 is 1.73 bits per heavy atom. The SMILES string of the molecule is Cn1c(=O)[nH]c2sc(N)cc21. The average molecular weight is 169 g/mol. The number of aromatic amines is 1. The Hall–Kier alpha value is -1.23. The molecule has 0 radical (unpaired) electrons. The zero-order valence-corrected chi connectivity index (χ0v) is 6.73. The number of fused-ring (bicyclic) bond motifs is 1. The Morgan fingerprint density at radius 2 is 2.45 bits per heavy atom. The molecule has 0 fully saturated rings. The van der Waals surface area contributed by atoms with Crippen molar-refractivity contribution in [1.29, 1.82) is 0 Å². The second-order valence-electron chi connectivity index (χ2n) is 2.35. The molecule has 5 heteroatoms. The number of nitrogens with two attached hydrogens (primary N) is 1. The highest BCUT2D eigenvalue weighted by molar-refractivity contribution is 7.22. The van der Waals surface area contributed by atoms with Gasteiger partial charge in [-0.25, -0.2) is 4.79 Å². The van der Waals surface area contributed by atoms with Gasteiger partial charge in [0.15, 0.2) is 0 Å². The topological polar surface area (TPSA) is 63.8 Å². The second kappa shape index (κ2) is 1.88. The van der Waals surface area contributed by atoms with E-state index in [0.717, 1.165) is 15.3 Å². The fraction of sp³-hybridized carbons (Fsp3) is 0.167. The molecule has 0 atom stereocenters. The van der Waals surface area contributed by atoms with Crippen LogP contribution in [0, 0.1) is 0 Å². The van der Waals surface area contributed by atoms with Gasteiger partial charge < -0.3 is 5.73 Å². The van der Waals surface area contributed by atoms with Crippen LogP contribution in [0.1, 0.15) is 0 Å². The van der Waals surface area contributed by atoms with Crippen LogP contribution < -0.4 is 11.4 Å². The molecule has 2 aromatic heterocycles. The lowest BCUT2D eigenvalue weighted by Gasteiger charge is -1.84. The first kappa shape index (κ1) is 6.48. The van der Waals surface area contributed by atoms with Gasteiger partial charge in [0.05, 0.1) is 10.5 Å². The summed E-state index contributed by atoms with van der Waals surface area (Å²) in [4.78, 5) is 14.5. The third kappa shape index (κ3) is 0.775. The summed E-state index contributed by atoms with van der Waals surface area (Å²) in [5.74, 6) is 0. The zero-order chi connectivity index (χ0) is 8.01. The lowest BCUT2D eigenvalue weighted by atomic mass is 10.5. The van der Waals surface area contributed by atoms with E-state index >= 15 is 0 Å². The van der Waals surface area contributed by atoms with Crippen molar-refractivity contribution in [3.8, 4) is 0 Å². The lowest BCUT2D eigenvalue weighted by molar-refractivity contribution is 0.892. The predicted octanol–water partition coefficient (Wildman–Crippen LogP) is 0.510. The van der Waals surface area contributed by atoms with E-state index in [9.17, 15) is 4.79 Å². The highest BCUT2D eigenvalue weighted by Crippen LogP contribution is 2.23. The number of nitrogens with one attached hydrogen (secondary N) is 1. The number of imidazole rings is 1. The third-order valence-corrected chi connectivity index (χ3v) is 2.49. The number of anilines is 1. The molecule has 0 spiro atoms. The molecule has 3 N–H and O–H groups in total. The predicted molar refractivity (Wildman–Crippen MR) is 45.8 cm³/mol. The van der Waals surface area contributed by atoms with E-state index < -0.39 is 0 Å². The summed E-state index contributed by atoms with van der Waals surface area (Å²) in [6.07, 6.45) is 0. The van der Waals surface area contributed by atoms with Crippen molar-refractivity contribution in [2.24, 2.45) is 7.05 Å². The molecule has 2 aromatic rings. The van der Waals surface area contributed by atoms with E-state index in [-0.39, 0.29) is 5.69 Å². The number of nitrogen functional groups attached to an aromatic ring is 1. The molecule has 11 heavy (non-hydrogen) atoms. The van der Waals surface area contributed by atoms with Gasteiger partial charge in [0, 0.05) is 7.05 Å². The fourth-order valence-corrected chi connectivity index (χ4v) is 1.87. The molecule has 0 aliphatic heterocycles. The summed E-state index contributed by atoms with van der Waals surface area (Å²) < 4.78 is 1.54. The minimum atomic E-state index is -0.0914. The van der Waals surface area contributed by atoms with Crippen LogP contribution in [0.25, 0.3) is 10.3 Å². The Morgan fingerprint density at radius 3 is 3.09 bits per heavy atom. The Balaban J connectivity index is 2.99. The number of aryl methyl sites for hydroxylation is 1. The summed E-state index contributed by atoms with van der Waals surface area (Å²) in [6.45, 7) is 0. The number of hydrogen-bond acceptors (Lipinski definition) is 3. The summed E-state index contributed by atoms with van der Waals surface area (Å²) in [5.41, 5.74) is 6.32. The van der Waals surface area contributed by atoms with E-state index in [4.69, 9.17) is 5.73 Å². The Labute approximate surface area is 66.3 Å².